The second kappa shape index (κ2) is 8.64. The number of anilines is 2. The summed E-state index contributed by atoms with van der Waals surface area (Å²) in [6.07, 6.45) is 6.18. The van der Waals surface area contributed by atoms with Crippen molar-refractivity contribution >= 4 is 23.2 Å². The van der Waals surface area contributed by atoms with Gasteiger partial charge in [-0.25, -0.2) is 0 Å². The molecule has 2 aromatic rings. The molecule has 2 amide bonds. The Labute approximate surface area is 171 Å². The summed E-state index contributed by atoms with van der Waals surface area (Å²) >= 11 is 0. The third kappa shape index (κ3) is 4.75. The van der Waals surface area contributed by atoms with Gasteiger partial charge < -0.3 is 15.1 Å². The van der Waals surface area contributed by atoms with Crippen LogP contribution in [-0.4, -0.2) is 41.3 Å². The van der Waals surface area contributed by atoms with Crippen LogP contribution >= 0.6 is 0 Å². The molecule has 4 rings (SSSR count). The number of nitrogens with one attached hydrogen (secondary N) is 1. The Kier molecular flexibility index (Phi) is 5.79. The van der Waals surface area contributed by atoms with E-state index in [0.717, 1.165) is 30.3 Å². The highest BCUT2D eigenvalue weighted by molar-refractivity contribution is 5.97. The Bertz CT molecular complexity index is 845. The van der Waals surface area contributed by atoms with Gasteiger partial charge in [-0.05, 0) is 54.7 Å². The molecule has 2 aliphatic heterocycles. The van der Waals surface area contributed by atoms with Crippen molar-refractivity contribution in [3.05, 3.63) is 54.4 Å². The molecule has 1 aromatic heterocycles. The molecule has 3 heterocycles. The average Bonchev–Trinajstić information content (AvgIpc) is 3.10. The van der Waals surface area contributed by atoms with Gasteiger partial charge in [0.25, 0.3) is 0 Å². The van der Waals surface area contributed by atoms with Crippen LogP contribution in [0.5, 0.6) is 0 Å². The molecule has 2 fully saturated rings. The van der Waals surface area contributed by atoms with Crippen molar-refractivity contribution in [2.24, 2.45) is 11.8 Å². The van der Waals surface area contributed by atoms with Gasteiger partial charge in [0.2, 0.25) is 11.8 Å². The predicted octanol–water partition coefficient (Wildman–Crippen LogP) is 3.31. The van der Waals surface area contributed by atoms with Gasteiger partial charge >= 0.3 is 0 Å². The molecule has 0 radical (unpaired) electrons. The average molecular weight is 393 g/mol. The second-order valence-electron chi connectivity index (χ2n) is 8.24. The van der Waals surface area contributed by atoms with Crippen LogP contribution in [0, 0.1) is 11.8 Å². The first-order valence-electron chi connectivity index (χ1n) is 10.4. The number of pyridine rings is 1. The van der Waals surface area contributed by atoms with E-state index in [-0.39, 0.29) is 24.2 Å². The summed E-state index contributed by atoms with van der Waals surface area (Å²) in [6.45, 7) is 5.43. The van der Waals surface area contributed by atoms with Crippen LogP contribution in [0.2, 0.25) is 0 Å². The highest BCUT2D eigenvalue weighted by Gasteiger charge is 2.34. The number of carbonyl (C=O) groups excluding carboxylic acids is 2. The molecular weight excluding hydrogens is 364 g/mol. The van der Waals surface area contributed by atoms with E-state index < -0.39 is 0 Å². The minimum Gasteiger partial charge on any atom is -0.372 e. The van der Waals surface area contributed by atoms with Gasteiger partial charge in [0.05, 0.1) is 5.92 Å². The van der Waals surface area contributed by atoms with Crippen LogP contribution in [0.25, 0.3) is 0 Å². The van der Waals surface area contributed by atoms with Gasteiger partial charge in [0.1, 0.15) is 0 Å². The lowest BCUT2D eigenvalue weighted by Gasteiger charge is -2.32. The quantitative estimate of drug-likeness (QED) is 0.848. The molecule has 0 aliphatic carbocycles. The third-order valence-corrected chi connectivity index (χ3v) is 5.97. The number of carbonyl (C=O) groups is 2. The van der Waals surface area contributed by atoms with Gasteiger partial charge in [0.15, 0.2) is 0 Å². The molecule has 0 bridgehead atoms. The number of piperidine rings is 1. The topological polar surface area (TPSA) is 65.5 Å². The molecule has 29 heavy (non-hydrogen) atoms. The number of benzene rings is 1. The first-order valence-corrected chi connectivity index (χ1v) is 10.4. The van der Waals surface area contributed by atoms with Crippen molar-refractivity contribution in [2.75, 3.05) is 29.9 Å². The zero-order chi connectivity index (χ0) is 20.2. The summed E-state index contributed by atoms with van der Waals surface area (Å²) in [5.74, 6) is 0.411. The van der Waals surface area contributed by atoms with Gasteiger partial charge in [-0.3, -0.25) is 14.6 Å². The predicted molar refractivity (Wildman–Crippen MR) is 113 cm³/mol. The van der Waals surface area contributed by atoms with E-state index in [0.29, 0.717) is 13.1 Å². The fourth-order valence-electron chi connectivity index (χ4n) is 4.08. The van der Waals surface area contributed by atoms with E-state index in [4.69, 9.17) is 0 Å². The largest absolute Gasteiger partial charge is 0.372 e. The fourth-order valence-corrected chi connectivity index (χ4v) is 4.08. The number of hydrogen-bond acceptors (Lipinski definition) is 4. The molecule has 152 valence electrons. The van der Waals surface area contributed by atoms with E-state index in [1.165, 1.54) is 18.5 Å². The van der Waals surface area contributed by atoms with Gasteiger partial charge in [-0.15, -0.1) is 0 Å². The highest BCUT2D eigenvalue weighted by Crippen LogP contribution is 2.25. The molecule has 0 saturated carbocycles. The zero-order valence-corrected chi connectivity index (χ0v) is 16.9. The van der Waals surface area contributed by atoms with Crippen molar-refractivity contribution in [2.45, 2.75) is 32.7 Å². The Morgan fingerprint density at radius 2 is 1.93 bits per heavy atom. The first kappa shape index (κ1) is 19.4. The van der Waals surface area contributed by atoms with Crippen LogP contribution in [0.15, 0.2) is 48.8 Å². The summed E-state index contributed by atoms with van der Waals surface area (Å²) in [6, 6.07) is 11.8. The van der Waals surface area contributed by atoms with Crippen molar-refractivity contribution in [1.29, 1.82) is 0 Å². The molecule has 6 nitrogen and oxygen atoms in total. The van der Waals surface area contributed by atoms with E-state index in [1.54, 1.807) is 17.3 Å². The minimum absolute atomic E-state index is 0.0173. The monoisotopic (exact) mass is 392 g/mol. The third-order valence-electron chi connectivity index (χ3n) is 5.97. The standard InChI is InChI=1S/C23H28N4O2/c1-17-8-11-26(12-9-17)21-6-4-20(5-7-21)25-23(29)19-13-22(28)27(16-19)15-18-3-2-10-24-14-18/h2-7,10,14,17,19H,8-9,11-13,15-16H2,1H3,(H,25,29). The van der Waals surface area contributed by atoms with Crippen molar-refractivity contribution in [1.82, 2.24) is 9.88 Å². The van der Waals surface area contributed by atoms with Crippen molar-refractivity contribution in [3.63, 3.8) is 0 Å². The van der Waals surface area contributed by atoms with Crippen LogP contribution < -0.4 is 10.2 Å². The van der Waals surface area contributed by atoms with E-state index in [9.17, 15) is 9.59 Å². The maximum atomic E-state index is 12.7. The first-order chi connectivity index (χ1) is 14.1. The number of likely N-dealkylation sites (tertiary alicyclic amines) is 1. The molecule has 1 N–H and O–H groups in total. The Balaban J connectivity index is 1.31. The van der Waals surface area contributed by atoms with E-state index in [2.05, 4.69) is 34.3 Å². The highest BCUT2D eigenvalue weighted by atomic mass is 16.2. The summed E-state index contributed by atoms with van der Waals surface area (Å²) in [4.78, 5) is 33.2. The summed E-state index contributed by atoms with van der Waals surface area (Å²) < 4.78 is 0. The van der Waals surface area contributed by atoms with Crippen LogP contribution in [0.4, 0.5) is 11.4 Å². The lowest BCUT2D eigenvalue weighted by Crippen LogP contribution is -2.32. The smallest absolute Gasteiger partial charge is 0.229 e. The van der Waals surface area contributed by atoms with Gasteiger partial charge in [0, 0.05) is 56.4 Å². The fraction of sp³-hybridized carbons (Fsp3) is 0.435. The number of nitrogens with zero attached hydrogens (tertiary/aromatic N) is 3. The molecule has 6 heteroatoms. The van der Waals surface area contributed by atoms with Gasteiger partial charge in [-0.2, -0.15) is 0 Å². The summed E-state index contributed by atoms with van der Waals surface area (Å²) in [5.41, 5.74) is 2.96. The van der Waals surface area contributed by atoms with Crippen LogP contribution in [-0.2, 0) is 16.1 Å². The number of hydrogen-bond donors (Lipinski definition) is 1. The summed E-state index contributed by atoms with van der Waals surface area (Å²) in [7, 11) is 0. The Morgan fingerprint density at radius 1 is 1.17 bits per heavy atom. The molecule has 1 aromatic carbocycles. The van der Waals surface area contributed by atoms with Crippen molar-refractivity contribution < 1.29 is 9.59 Å². The maximum absolute atomic E-state index is 12.7. The van der Waals surface area contributed by atoms with Gasteiger partial charge in [-0.1, -0.05) is 13.0 Å². The molecule has 2 saturated heterocycles. The number of rotatable bonds is 5. The lowest BCUT2D eigenvalue weighted by atomic mass is 9.99. The van der Waals surface area contributed by atoms with Crippen molar-refractivity contribution in [3.8, 4) is 0 Å². The molecular formula is C23H28N4O2. The maximum Gasteiger partial charge on any atom is 0.229 e. The minimum atomic E-state index is -0.317. The molecule has 1 atom stereocenters. The Hall–Kier alpha value is -2.89. The number of aromatic nitrogens is 1. The second-order valence-corrected chi connectivity index (χ2v) is 8.24. The normalized spacial score (nSPS) is 20.2. The van der Waals surface area contributed by atoms with E-state index in [1.807, 2.05) is 24.3 Å². The zero-order valence-electron chi connectivity index (χ0n) is 16.9. The molecule has 0 spiro atoms. The van der Waals surface area contributed by atoms with Crippen LogP contribution in [0.1, 0.15) is 31.7 Å². The number of amides is 2. The lowest BCUT2D eigenvalue weighted by molar-refractivity contribution is -0.128. The molecule has 2 aliphatic rings. The summed E-state index contributed by atoms with van der Waals surface area (Å²) in [5, 5.41) is 2.98. The molecule has 1 unspecified atom stereocenters. The van der Waals surface area contributed by atoms with Crippen LogP contribution in [0.3, 0.4) is 0 Å². The Morgan fingerprint density at radius 3 is 2.62 bits per heavy atom. The SMILES string of the molecule is CC1CCN(c2ccc(NC(=O)C3CC(=O)N(Cc4cccnc4)C3)cc2)CC1. The van der Waals surface area contributed by atoms with E-state index >= 15 is 0 Å².